The van der Waals surface area contributed by atoms with Gasteiger partial charge in [0.05, 0.1) is 12.8 Å². The number of ketones is 1. The van der Waals surface area contributed by atoms with Crippen molar-refractivity contribution >= 4 is 27.7 Å². The predicted molar refractivity (Wildman–Crippen MR) is 56.7 cm³/mol. The van der Waals surface area contributed by atoms with E-state index in [0.717, 1.165) is 4.47 Å². The van der Waals surface area contributed by atoms with E-state index in [9.17, 15) is 9.59 Å². The number of halogens is 1. The molecule has 1 aromatic rings. The average Bonchev–Trinajstić information content (AvgIpc) is 2.60. The summed E-state index contributed by atoms with van der Waals surface area (Å²) in [7, 11) is 1.36. The van der Waals surface area contributed by atoms with Crippen LogP contribution in [0.4, 0.5) is 0 Å². The van der Waals surface area contributed by atoms with E-state index in [1.165, 1.54) is 7.11 Å². The molecule has 5 heteroatoms. The lowest BCUT2D eigenvalue weighted by Gasteiger charge is -2.22. The van der Waals surface area contributed by atoms with E-state index >= 15 is 0 Å². The van der Waals surface area contributed by atoms with Gasteiger partial charge in [-0.3, -0.25) is 4.79 Å². The van der Waals surface area contributed by atoms with Gasteiger partial charge in [0.2, 0.25) is 0 Å². The lowest BCUT2D eigenvalue weighted by atomic mass is 10.0. The maximum atomic E-state index is 11.6. The minimum absolute atomic E-state index is 0.0702. The Morgan fingerprint density at radius 3 is 3.07 bits per heavy atom. The quantitative estimate of drug-likeness (QED) is 0.734. The topological polar surface area (TPSA) is 48.3 Å². The third kappa shape index (κ3) is 1.71. The van der Waals surface area contributed by atoms with Crippen LogP contribution in [0.1, 0.15) is 29.4 Å². The number of fused-ring (bicyclic) bond motifs is 1. The number of rotatable bonds is 1. The molecule has 0 aliphatic carbocycles. The molecule has 15 heavy (non-hydrogen) atoms. The molecule has 1 aliphatic rings. The van der Waals surface area contributed by atoms with Crippen LogP contribution in [0.15, 0.2) is 16.7 Å². The fourth-order valence-electron chi connectivity index (χ4n) is 1.83. The number of hydrogen-bond donors (Lipinski definition) is 0. The average molecular weight is 272 g/mol. The van der Waals surface area contributed by atoms with Gasteiger partial charge in [-0.15, -0.1) is 0 Å². The molecule has 0 N–H and O–H groups in total. The predicted octanol–water partition coefficient (Wildman–Crippen LogP) is 1.94. The highest BCUT2D eigenvalue weighted by molar-refractivity contribution is 9.10. The van der Waals surface area contributed by atoms with Crippen LogP contribution in [0.25, 0.3) is 0 Å². The molecule has 0 spiro atoms. The first-order valence-electron chi connectivity index (χ1n) is 4.62. The van der Waals surface area contributed by atoms with Crippen molar-refractivity contribution in [2.24, 2.45) is 0 Å². The van der Waals surface area contributed by atoms with E-state index in [2.05, 4.69) is 15.9 Å². The highest BCUT2D eigenvalue weighted by Crippen LogP contribution is 2.29. The molecule has 80 valence electrons. The van der Waals surface area contributed by atoms with Crippen molar-refractivity contribution < 1.29 is 14.3 Å². The lowest BCUT2D eigenvalue weighted by molar-refractivity contribution is -0.144. The van der Waals surface area contributed by atoms with Crippen molar-refractivity contribution in [2.75, 3.05) is 7.11 Å². The summed E-state index contributed by atoms with van der Waals surface area (Å²) in [5.41, 5.74) is 0.573. The van der Waals surface area contributed by atoms with Gasteiger partial charge in [-0.25, -0.2) is 4.79 Å². The highest BCUT2D eigenvalue weighted by Gasteiger charge is 2.30. The van der Waals surface area contributed by atoms with Crippen LogP contribution in [-0.4, -0.2) is 23.4 Å². The van der Waals surface area contributed by atoms with Crippen molar-refractivity contribution in [1.29, 1.82) is 0 Å². The van der Waals surface area contributed by atoms with E-state index in [1.807, 2.05) is 0 Å². The van der Waals surface area contributed by atoms with Gasteiger partial charge in [0.15, 0.2) is 5.78 Å². The zero-order valence-electron chi connectivity index (χ0n) is 8.20. The third-order valence-electron chi connectivity index (χ3n) is 2.55. The van der Waals surface area contributed by atoms with Crippen LogP contribution in [0.2, 0.25) is 0 Å². The molecule has 0 aromatic carbocycles. The van der Waals surface area contributed by atoms with Gasteiger partial charge in [-0.05, 0) is 28.4 Å². The van der Waals surface area contributed by atoms with Crippen molar-refractivity contribution in [1.82, 2.24) is 4.57 Å². The Hall–Kier alpha value is -1.10. The highest BCUT2D eigenvalue weighted by atomic mass is 79.9. The van der Waals surface area contributed by atoms with Gasteiger partial charge in [0, 0.05) is 17.1 Å². The normalized spacial score (nSPS) is 19.9. The number of aromatic nitrogens is 1. The zero-order chi connectivity index (χ0) is 11.0. The summed E-state index contributed by atoms with van der Waals surface area (Å²) < 4.78 is 7.19. The van der Waals surface area contributed by atoms with Crippen LogP contribution < -0.4 is 0 Å². The van der Waals surface area contributed by atoms with Crippen LogP contribution in [0.3, 0.4) is 0 Å². The largest absolute Gasteiger partial charge is 0.467 e. The fraction of sp³-hybridized carbons (Fsp3) is 0.400. The van der Waals surface area contributed by atoms with Crippen molar-refractivity contribution in [3.8, 4) is 0 Å². The number of ether oxygens (including phenoxy) is 1. The maximum absolute atomic E-state index is 11.6. The van der Waals surface area contributed by atoms with Gasteiger partial charge < -0.3 is 9.30 Å². The first kappa shape index (κ1) is 10.4. The summed E-state index contributed by atoms with van der Waals surface area (Å²) >= 11 is 3.29. The number of Topliss-reactive ketones (excluding diaryl/α,β-unsaturated/α-hetero) is 1. The minimum atomic E-state index is -0.367. The fourth-order valence-corrected chi connectivity index (χ4v) is 2.27. The van der Waals surface area contributed by atoms with E-state index < -0.39 is 0 Å². The van der Waals surface area contributed by atoms with Gasteiger partial charge in [-0.2, -0.15) is 0 Å². The molecule has 0 radical (unpaired) electrons. The Bertz CT molecular complexity index is 424. The molecule has 0 bridgehead atoms. The second kappa shape index (κ2) is 3.81. The molecule has 0 amide bonds. The Balaban J connectivity index is 2.44. The number of carbonyl (C=O) groups is 2. The Morgan fingerprint density at radius 1 is 1.67 bits per heavy atom. The molecule has 2 rings (SSSR count). The summed E-state index contributed by atoms with van der Waals surface area (Å²) in [5.74, 6) is -0.229. The molecular weight excluding hydrogens is 262 g/mol. The van der Waals surface area contributed by atoms with Crippen molar-refractivity contribution in [3.05, 3.63) is 22.4 Å². The first-order chi connectivity index (χ1) is 7.13. The van der Waals surface area contributed by atoms with E-state index in [4.69, 9.17) is 4.74 Å². The molecule has 1 atom stereocenters. The first-order valence-corrected chi connectivity index (χ1v) is 5.41. The molecular formula is C10H10BrNO3. The van der Waals surface area contributed by atoms with Crippen LogP contribution in [0.5, 0.6) is 0 Å². The van der Waals surface area contributed by atoms with E-state index in [0.29, 0.717) is 18.5 Å². The standard InChI is InChI=1S/C10H10BrNO3/c1-15-10(14)7-2-3-9(13)8-4-6(11)5-12(7)8/h4-5,7H,2-3H2,1H3. The monoisotopic (exact) mass is 271 g/mol. The van der Waals surface area contributed by atoms with E-state index in [1.54, 1.807) is 16.8 Å². The number of nitrogens with zero attached hydrogens (tertiary/aromatic N) is 1. The van der Waals surface area contributed by atoms with Crippen molar-refractivity contribution in [2.45, 2.75) is 18.9 Å². The lowest BCUT2D eigenvalue weighted by Crippen LogP contribution is -2.28. The van der Waals surface area contributed by atoms with E-state index in [-0.39, 0.29) is 17.8 Å². The van der Waals surface area contributed by atoms with Crippen molar-refractivity contribution in [3.63, 3.8) is 0 Å². The summed E-state index contributed by atoms with van der Waals surface area (Å²) in [6, 6.07) is 1.37. The summed E-state index contributed by atoms with van der Waals surface area (Å²) in [6.45, 7) is 0. The van der Waals surface area contributed by atoms with Gasteiger partial charge in [0.25, 0.3) is 0 Å². The SMILES string of the molecule is COC(=O)C1CCC(=O)c2cc(Br)cn21. The molecule has 0 fully saturated rings. The maximum Gasteiger partial charge on any atom is 0.328 e. The Kier molecular flexibility index (Phi) is 2.65. The third-order valence-corrected chi connectivity index (χ3v) is 2.99. The molecule has 2 heterocycles. The molecule has 1 unspecified atom stereocenters. The second-order valence-corrected chi connectivity index (χ2v) is 4.37. The second-order valence-electron chi connectivity index (χ2n) is 3.45. The summed E-state index contributed by atoms with van der Waals surface area (Å²) in [5, 5.41) is 0. The molecule has 0 saturated carbocycles. The van der Waals surface area contributed by atoms with Gasteiger partial charge in [0.1, 0.15) is 6.04 Å². The van der Waals surface area contributed by atoms with Gasteiger partial charge in [-0.1, -0.05) is 0 Å². The zero-order valence-corrected chi connectivity index (χ0v) is 9.78. The number of hydrogen-bond acceptors (Lipinski definition) is 3. The van der Waals surface area contributed by atoms with Crippen LogP contribution >= 0.6 is 15.9 Å². The summed E-state index contributed by atoms with van der Waals surface area (Å²) in [4.78, 5) is 23.0. The number of carbonyl (C=O) groups excluding carboxylic acids is 2. The molecule has 4 nitrogen and oxygen atoms in total. The smallest absolute Gasteiger partial charge is 0.328 e. The van der Waals surface area contributed by atoms with Gasteiger partial charge >= 0.3 is 5.97 Å². The number of methoxy groups -OCH3 is 1. The number of esters is 1. The minimum Gasteiger partial charge on any atom is -0.467 e. The Labute approximate surface area is 95.3 Å². The molecule has 1 aliphatic heterocycles. The Morgan fingerprint density at radius 2 is 2.40 bits per heavy atom. The molecule has 0 saturated heterocycles. The molecule has 1 aromatic heterocycles. The summed E-state index contributed by atoms with van der Waals surface area (Å²) in [6.07, 6.45) is 2.66. The van der Waals surface area contributed by atoms with Crippen LogP contribution in [0, 0.1) is 0 Å². The van der Waals surface area contributed by atoms with Crippen LogP contribution in [-0.2, 0) is 9.53 Å².